The van der Waals surface area contributed by atoms with Gasteiger partial charge in [-0.15, -0.1) is 0 Å². The standard InChI is InChI=1S/C18H28N2/c1-14(2)10-15-5-7-16(8-6-15)11-20-12-17-4-3-9-19-18(17)13-20/h5-8,14,17-19H,3-4,9-13H2,1-2H3/t17-,18+/m0/s1. The highest BCUT2D eigenvalue weighted by molar-refractivity contribution is 5.23. The number of nitrogens with one attached hydrogen (secondary N) is 1. The van der Waals surface area contributed by atoms with Crippen molar-refractivity contribution in [2.75, 3.05) is 19.6 Å². The summed E-state index contributed by atoms with van der Waals surface area (Å²) in [6.07, 6.45) is 3.97. The summed E-state index contributed by atoms with van der Waals surface area (Å²) < 4.78 is 0. The molecular weight excluding hydrogens is 244 g/mol. The molecule has 0 spiro atoms. The van der Waals surface area contributed by atoms with Gasteiger partial charge in [-0.25, -0.2) is 0 Å². The Bertz CT molecular complexity index is 410. The second kappa shape index (κ2) is 6.28. The molecule has 0 radical (unpaired) electrons. The predicted molar refractivity (Wildman–Crippen MR) is 84.8 cm³/mol. The average Bonchev–Trinajstić information content (AvgIpc) is 2.82. The van der Waals surface area contributed by atoms with Crippen molar-refractivity contribution in [3.63, 3.8) is 0 Å². The first-order valence-electron chi connectivity index (χ1n) is 8.24. The van der Waals surface area contributed by atoms with Crippen molar-refractivity contribution in [2.45, 2.75) is 45.7 Å². The Labute approximate surface area is 123 Å². The lowest BCUT2D eigenvalue weighted by Crippen LogP contribution is -2.40. The molecule has 2 heteroatoms. The Hall–Kier alpha value is -0.860. The Morgan fingerprint density at radius 3 is 2.60 bits per heavy atom. The molecular formula is C18H28N2. The third-order valence-electron chi connectivity index (χ3n) is 4.75. The van der Waals surface area contributed by atoms with Crippen LogP contribution in [0.1, 0.15) is 37.8 Å². The van der Waals surface area contributed by atoms with E-state index in [0.717, 1.165) is 24.4 Å². The molecule has 2 heterocycles. The molecule has 110 valence electrons. The summed E-state index contributed by atoms with van der Waals surface area (Å²) in [4.78, 5) is 2.63. The van der Waals surface area contributed by atoms with E-state index in [1.54, 1.807) is 0 Å². The van der Waals surface area contributed by atoms with Gasteiger partial charge < -0.3 is 5.32 Å². The zero-order valence-electron chi connectivity index (χ0n) is 12.9. The zero-order valence-corrected chi connectivity index (χ0v) is 12.9. The van der Waals surface area contributed by atoms with Crippen molar-refractivity contribution in [1.82, 2.24) is 10.2 Å². The van der Waals surface area contributed by atoms with Crippen LogP contribution in [-0.2, 0) is 13.0 Å². The van der Waals surface area contributed by atoms with Gasteiger partial charge in [-0.2, -0.15) is 0 Å². The maximum Gasteiger partial charge on any atom is 0.0235 e. The van der Waals surface area contributed by atoms with Gasteiger partial charge in [-0.3, -0.25) is 4.90 Å². The van der Waals surface area contributed by atoms with Crippen LogP contribution in [0.3, 0.4) is 0 Å². The molecule has 2 aliphatic heterocycles. The maximum atomic E-state index is 3.69. The van der Waals surface area contributed by atoms with Gasteiger partial charge in [0.05, 0.1) is 0 Å². The van der Waals surface area contributed by atoms with E-state index in [4.69, 9.17) is 0 Å². The molecule has 0 unspecified atom stereocenters. The van der Waals surface area contributed by atoms with Crippen molar-refractivity contribution in [3.8, 4) is 0 Å². The van der Waals surface area contributed by atoms with Crippen molar-refractivity contribution in [3.05, 3.63) is 35.4 Å². The lowest BCUT2D eigenvalue weighted by atomic mass is 9.94. The number of piperidine rings is 1. The Kier molecular flexibility index (Phi) is 4.42. The van der Waals surface area contributed by atoms with E-state index in [-0.39, 0.29) is 0 Å². The third-order valence-corrected chi connectivity index (χ3v) is 4.75. The molecule has 1 N–H and O–H groups in total. The Morgan fingerprint density at radius 1 is 1.15 bits per heavy atom. The minimum Gasteiger partial charge on any atom is -0.312 e. The third kappa shape index (κ3) is 3.42. The molecule has 2 nitrogen and oxygen atoms in total. The lowest BCUT2D eigenvalue weighted by Gasteiger charge is -2.24. The molecule has 0 amide bonds. The van der Waals surface area contributed by atoms with Crippen LogP contribution in [0.15, 0.2) is 24.3 Å². The lowest BCUT2D eigenvalue weighted by molar-refractivity contribution is 0.312. The second-order valence-electron chi connectivity index (χ2n) is 7.07. The van der Waals surface area contributed by atoms with Crippen molar-refractivity contribution in [2.24, 2.45) is 11.8 Å². The van der Waals surface area contributed by atoms with Gasteiger partial charge >= 0.3 is 0 Å². The van der Waals surface area contributed by atoms with E-state index < -0.39 is 0 Å². The van der Waals surface area contributed by atoms with Crippen LogP contribution >= 0.6 is 0 Å². The Morgan fingerprint density at radius 2 is 1.90 bits per heavy atom. The summed E-state index contributed by atoms with van der Waals surface area (Å²) in [6.45, 7) is 9.43. The quantitative estimate of drug-likeness (QED) is 0.906. The summed E-state index contributed by atoms with van der Waals surface area (Å²) in [5.74, 6) is 1.64. The summed E-state index contributed by atoms with van der Waals surface area (Å²) in [7, 11) is 0. The van der Waals surface area contributed by atoms with Crippen molar-refractivity contribution < 1.29 is 0 Å². The van der Waals surface area contributed by atoms with E-state index in [1.807, 2.05) is 0 Å². The number of hydrogen-bond donors (Lipinski definition) is 1. The monoisotopic (exact) mass is 272 g/mol. The molecule has 1 aromatic carbocycles. The molecule has 0 aromatic heterocycles. The smallest absolute Gasteiger partial charge is 0.0235 e. The van der Waals surface area contributed by atoms with Gasteiger partial charge in [-0.1, -0.05) is 38.1 Å². The first kappa shape index (κ1) is 14.1. The van der Waals surface area contributed by atoms with E-state index in [9.17, 15) is 0 Å². The normalized spacial score (nSPS) is 26.9. The first-order valence-corrected chi connectivity index (χ1v) is 8.24. The van der Waals surface area contributed by atoms with Crippen LogP contribution in [-0.4, -0.2) is 30.6 Å². The topological polar surface area (TPSA) is 15.3 Å². The highest BCUT2D eigenvalue weighted by Crippen LogP contribution is 2.26. The zero-order chi connectivity index (χ0) is 13.9. The second-order valence-corrected chi connectivity index (χ2v) is 7.07. The predicted octanol–water partition coefficient (Wildman–Crippen LogP) is 3.07. The summed E-state index contributed by atoms with van der Waals surface area (Å²) in [5, 5.41) is 3.69. The van der Waals surface area contributed by atoms with E-state index in [1.165, 1.54) is 50.0 Å². The van der Waals surface area contributed by atoms with E-state index >= 15 is 0 Å². The number of nitrogens with zero attached hydrogens (tertiary/aromatic N) is 1. The molecule has 0 bridgehead atoms. The van der Waals surface area contributed by atoms with Crippen LogP contribution in [0.2, 0.25) is 0 Å². The first-order chi connectivity index (χ1) is 9.70. The molecule has 2 aliphatic rings. The number of likely N-dealkylation sites (tertiary alicyclic amines) is 1. The average molecular weight is 272 g/mol. The van der Waals surface area contributed by atoms with Crippen LogP contribution in [0, 0.1) is 11.8 Å². The minimum absolute atomic E-state index is 0.744. The van der Waals surface area contributed by atoms with Crippen LogP contribution in [0.5, 0.6) is 0 Å². The van der Waals surface area contributed by atoms with E-state index in [0.29, 0.717) is 0 Å². The summed E-state index contributed by atoms with van der Waals surface area (Å²) >= 11 is 0. The minimum atomic E-state index is 0.744. The van der Waals surface area contributed by atoms with Gasteiger partial charge in [0, 0.05) is 25.7 Å². The van der Waals surface area contributed by atoms with E-state index in [2.05, 4.69) is 48.3 Å². The van der Waals surface area contributed by atoms with Crippen LogP contribution in [0.4, 0.5) is 0 Å². The molecule has 20 heavy (non-hydrogen) atoms. The number of fused-ring (bicyclic) bond motifs is 1. The molecule has 3 rings (SSSR count). The molecule has 2 atom stereocenters. The van der Waals surface area contributed by atoms with Gasteiger partial charge in [0.2, 0.25) is 0 Å². The van der Waals surface area contributed by atoms with Crippen LogP contribution < -0.4 is 5.32 Å². The fourth-order valence-corrected chi connectivity index (χ4v) is 3.78. The van der Waals surface area contributed by atoms with Gasteiger partial charge in [0.25, 0.3) is 0 Å². The molecule has 2 fully saturated rings. The van der Waals surface area contributed by atoms with Gasteiger partial charge in [0.1, 0.15) is 0 Å². The number of hydrogen-bond acceptors (Lipinski definition) is 2. The summed E-state index contributed by atoms with van der Waals surface area (Å²) in [5.41, 5.74) is 2.94. The fraction of sp³-hybridized carbons (Fsp3) is 0.667. The SMILES string of the molecule is CC(C)Cc1ccc(CN2C[C@@H]3CCCN[C@@H]3C2)cc1. The molecule has 1 aromatic rings. The maximum absolute atomic E-state index is 3.69. The number of benzene rings is 1. The summed E-state index contributed by atoms with van der Waals surface area (Å²) in [6, 6.07) is 10.0. The van der Waals surface area contributed by atoms with Gasteiger partial charge in [0.15, 0.2) is 0 Å². The van der Waals surface area contributed by atoms with Crippen molar-refractivity contribution >= 4 is 0 Å². The van der Waals surface area contributed by atoms with Gasteiger partial charge in [-0.05, 0) is 48.8 Å². The van der Waals surface area contributed by atoms with Crippen molar-refractivity contribution in [1.29, 1.82) is 0 Å². The molecule has 0 saturated carbocycles. The Balaban J connectivity index is 1.55. The highest BCUT2D eigenvalue weighted by atomic mass is 15.2. The molecule has 2 saturated heterocycles. The number of rotatable bonds is 4. The largest absolute Gasteiger partial charge is 0.312 e. The highest BCUT2D eigenvalue weighted by Gasteiger charge is 2.33. The fourth-order valence-electron chi connectivity index (χ4n) is 3.78. The van der Waals surface area contributed by atoms with Crippen LogP contribution in [0.25, 0.3) is 0 Å². The molecule has 0 aliphatic carbocycles.